The van der Waals surface area contributed by atoms with E-state index in [2.05, 4.69) is 5.32 Å². The highest BCUT2D eigenvalue weighted by Gasteiger charge is 2.32. The molecule has 0 aliphatic rings. The average Bonchev–Trinajstić information content (AvgIpc) is 3.08. The van der Waals surface area contributed by atoms with Gasteiger partial charge in [-0.05, 0) is 31.9 Å². The third kappa shape index (κ3) is 5.92. The average molecular weight is 463 g/mol. The Bertz CT molecular complexity index is 999. The van der Waals surface area contributed by atoms with Crippen LogP contribution in [-0.2, 0) is 29.2 Å². The molecule has 0 saturated carbocycles. The number of nitrogens with two attached hydrogens (primary N) is 1. The molecule has 2 amide bonds. The first kappa shape index (κ1) is 25.0. The van der Waals surface area contributed by atoms with E-state index in [1.54, 1.807) is 38.1 Å². The van der Waals surface area contributed by atoms with Crippen LogP contribution in [0.15, 0.2) is 30.3 Å². The minimum absolute atomic E-state index is 0.00388. The molecule has 0 atom stereocenters. The zero-order chi connectivity index (χ0) is 23.9. The van der Waals surface area contributed by atoms with Crippen molar-refractivity contribution in [3.63, 3.8) is 0 Å². The first-order chi connectivity index (χ1) is 15.1. The fourth-order valence-corrected chi connectivity index (χ4v) is 3.88. The molecular weight excluding hydrogens is 436 g/mol. The number of carbonyl (C=O) groups is 4. The molecule has 172 valence electrons. The summed E-state index contributed by atoms with van der Waals surface area (Å²) >= 11 is 0.848. The van der Waals surface area contributed by atoms with Gasteiger partial charge >= 0.3 is 11.9 Å². The van der Waals surface area contributed by atoms with Crippen molar-refractivity contribution in [3.05, 3.63) is 51.9 Å². The van der Waals surface area contributed by atoms with E-state index in [0.717, 1.165) is 16.9 Å². The van der Waals surface area contributed by atoms with E-state index in [-0.39, 0.29) is 28.7 Å². The number of amides is 2. The van der Waals surface area contributed by atoms with Crippen molar-refractivity contribution in [2.45, 2.75) is 26.2 Å². The first-order valence-corrected chi connectivity index (χ1v) is 10.5. The second-order valence-corrected chi connectivity index (χ2v) is 8.39. The molecule has 10 heteroatoms. The molecule has 0 radical (unpaired) electrons. The number of benzene rings is 1. The number of esters is 2. The van der Waals surface area contributed by atoms with E-state index in [1.807, 2.05) is 6.07 Å². The van der Waals surface area contributed by atoms with Crippen molar-refractivity contribution >= 4 is 40.1 Å². The molecule has 1 aromatic carbocycles. The van der Waals surface area contributed by atoms with Gasteiger partial charge in [-0.1, -0.05) is 30.3 Å². The van der Waals surface area contributed by atoms with Gasteiger partial charge in [-0.25, -0.2) is 4.79 Å². The number of hydrogen-bond acceptors (Lipinski definition) is 8. The number of carbonyl (C=O) groups excluding carboxylic acids is 4. The van der Waals surface area contributed by atoms with E-state index in [9.17, 15) is 19.2 Å². The Morgan fingerprint density at radius 1 is 1.06 bits per heavy atom. The Labute approximate surface area is 189 Å². The summed E-state index contributed by atoms with van der Waals surface area (Å²) in [6, 6.07) is 9.03. The summed E-state index contributed by atoms with van der Waals surface area (Å²) in [7, 11) is 1.46. The Kier molecular flexibility index (Phi) is 8.50. The van der Waals surface area contributed by atoms with Gasteiger partial charge in [0.25, 0.3) is 11.8 Å². The molecule has 3 N–H and O–H groups in total. The van der Waals surface area contributed by atoms with Gasteiger partial charge in [-0.3, -0.25) is 14.4 Å². The van der Waals surface area contributed by atoms with Crippen molar-refractivity contribution in [2.24, 2.45) is 5.73 Å². The second-order valence-electron chi connectivity index (χ2n) is 7.37. The SMILES string of the molecule is COCCOC(=O)c1c(NC(=O)COC(=O)C(C)(C)c2ccccc2)sc(C(N)=O)c1C. The van der Waals surface area contributed by atoms with Crippen molar-refractivity contribution in [3.8, 4) is 0 Å². The highest BCUT2D eigenvalue weighted by atomic mass is 32.1. The van der Waals surface area contributed by atoms with Crippen molar-refractivity contribution < 1.29 is 33.4 Å². The summed E-state index contributed by atoms with van der Waals surface area (Å²) in [5.41, 5.74) is 5.46. The molecule has 2 rings (SSSR count). The molecular formula is C22H26N2O7S. The van der Waals surface area contributed by atoms with Gasteiger partial charge in [0.1, 0.15) is 11.6 Å². The number of rotatable bonds is 10. The Hall–Kier alpha value is -3.24. The van der Waals surface area contributed by atoms with Crippen LogP contribution in [0, 0.1) is 6.92 Å². The van der Waals surface area contributed by atoms with Crippen LogP contribution in [0.4, 0.5) is 5.00 Å². The molecule has 0 bridgehead atoms. The Morgan fingerprint density at radius 2 is 1.72 bits per heavy atom. The van der Waals surface area contributed by atoms with Crippen LogP contribution < -0.4 is 11.1 Å². The molecule has 9 nitrogen and oxygen atoms in total. The number of methoxy groups -OCH3 is 1. The lowest BCUT2D eigenvalue weighted by atomic mass is 9.85. The Morgan fingerprint density at radius 3 is 2.31 bits per heavy atom. The van der Waals surface area contributed by atoms with Crippen molar-refractivity contribution in [1.82, 2.24) is 0 Å². The molecule has 2 aromatic rings. The van der Waals surface area contributed by atoms with Crippen LogP contribution in [0.3, 0.4) is 0 Å². The smallest absolute Gasteiger partial charge is 0.341 e. The molecule has 1 aromatic heterocycles. The van der Waals surface area contributed by atoms with Gasteiger partial charge < -0.3 is 25.3 Å². The van der Waals surface area contributed by atoms with E-state index < -0.39 is 35.8 Å². The minimum Gasteiger partial charge on any atom is -0.460 e. The number of primary amides is 1. The van der Waals surface area contributed by atoms with Gasteiger partial charge in [0.2, 0.25) is 0 Å². The quantitative estimate of drug-likeness (QED) is 0.409. The zero-order valence-electron chi connectivity index (χ0n) is 18.4. The van der Waals surface area contributed by atoms with Gasteiger partial charge in [-0.15, -0.1) is 11.3 Å². The fraction of sp³-hybridized carbons (Fsp3) is 0.364. The zero-order valence-corrected chi connectivity index (χ0v) is 19.2. The van der Waals surface area contributed by atoms with Gasteiger partial charge in [0.05, 0.1) is 22.5 Å². The summed E-state index contributed by atoms with van der Waals surface area (Å²) in [4.78, 5) is 49.3. The van der Waals surface area contributed by atoms with Gasteiger partial charge in [0.15, 0.2) is 6.61 Å². The highest BCUT2D eigenvalue weighted by molar-refractivity contribution is 7.18. The molecule has 0 saturated heterocycles. The van der Waals surface area contributed by atoms with Crippen LogP contribution in [0.5, 0.6) is 0 Å². The summed E-state index contributed by atoms with van der Waals surface area (Å²) in [5, 5.41) is 2.59. The largest absolute Gasteiger partial charge is 0.460 e. The number of ether oxygens (including phenoxy) is 3. The Balaban J connectivity index is 2.11. The summed E-state index contributed by atoms with van der Waals surface area (Å²) in [6.45, 7) is 4.52. The maximum Gasteiger partial charge on any atom is 0.341 e. The van der Waals surface area contributed by atoms with Crippen molar-refractivity contribution in [2.75, 3.05) is 32.2 Å². The molecule has 0 spiro atoms. The number of nitrogens with one attached hydrogen (secondary N) is 1. The molecule has 1 heterocycles. The predicted octanol–water partition coefficient (Wildman–Crippen LogP) is 2.42. The summed E-state index contributed by atoms with van der Waals surface area (Å²) in [6.07, 6.45) is 0. The predicted molar refractivity (Wildman–Crippen MR) is 119 cm³/mol. The fourth-order valence-electron chi connectivity index (χ4n) is 2.82. The van der Waals surface area contributed by atoms with E-state index >= 15 is 0 Å². The number of thiophene rings is 1. The maximum atomic E-state index is 12.5. The standard InChI is InChI=1S/C22H26N2O7S/c1-13-16(20(27)30-11-10-29-4)19(32-17(13)18(23)26)24-15(25)12-31-21(28)22(2,3)14-8-6-5-7-9-14/h5-9H,10-12H2,1-4H3,(H2,23,26)(H,24,25). The molecule has 32 heavy (non-hydrogen) atoms. The lowest BCUT2D eigenvalue weighted by molar-refractivity contribution is -0.152. The molecule has 0 fully saturated rings. The maximum absolute atomic E-state index is 12.5. The van der Waals surface area contributed by atoms with Crippen LogP contribution in [0.25, 0.3) is 0 Å². The topological polar surface area (TPSA) is 134 Å². The number of anilines is 1. The molecule has 0 unspecified atom stereocenters. The second kappa shape index (κ2) is 10.9. The lowest BCUT2D eigenvalue weighted by Gasteiger charge is -2.22. The molecule has 0 aliphatic carbocycles. The molecule has 0 aliphatic heterocycles. The van der Waals surface area contributed by atoms with Crippen LogP contribution in [0.1, 0.15) is 45.0 Å². The van der Waals surface area contributed by atoms with Crippen molar-refractivity contribution in [1.29, 1.82) is 0 Å². The third-order valence-corrected chi connectivity index (χ3v) is 5.91. The normalized spacial score (nSPS) is 11.0. The first-order valence-electron chi connectivity index (χ1n) is 9.71. The summed E-state index contributed by atoms with van der Waals surface area (Å²) in [5.74, 6) is -2.74. The van der Waals surface area contributed by atoms with Crippen LogP contribution >= 0.6 is 11.3 Å². The van der Waals surface area contributed by atoms with Gasteiger partial charge in [-0.2, -0.15) is 0 Å². The monoisotopic (exact) mass is 462 g/mol. The van der Waals surface area contributed by atoms with E-state index in [0.29, 0.717) is 5.56 Å². The highest BCUT2D eigenvalue weighted by Crippen LogP contribution is 2.33. The van der Waals surface area contributed by atoms with E-state index in [4.69, 9.17) is 19.9 Å². The van der Waals surface area contributed by atoms with Crippen LogP contribution in [-0.4, -0.2) is 50.7 Å². The van der Waals surface area contributed by atoms with E-state index in [1.165, 1.54) is 14.0 Å². The van der Waals surface area contributed by atoms with Gasteiger partial charge in [0, 0.05) is 7.11 Å². The minimum atomic E-state index is -0.962. The number of hydrogen-bond donors (Lipinski definition) is 2. The third-order valence-electron chi connectivity index (χ3n) is 4.69. The van der Waals surface area contributed by atoms with Crippen LogP contribution in [0.2, 0.25) is 0 Å². The summed E-state index contributed by atoms with van der Waals surface area (Å²) < 4.78 is 15.1. The lowest BCUT2D eigenvalue weighted by Crippen LogP contribution is -2.33.